The van der Waals surface area contributed by atoms with Crippen molar-refractivity contribution in [3.8, 4) is 0 Å². The van der Waals surface area contributed by atoms with Crippen molar-refractivity contribution in [3.63, 3.8) is 0 Å². The summed E-state index contributed by atoms with van der Waals surface area (Å²) in [6.45, 7) is 0.319. The molecule has 0 bridgehead atoms. The van der Waals surface area contributed by atoms with Gasteiger partial charge >= 0.3 is 0 Å². The van der Waals surface area contributed by atoms with Crippen LogP contribution in [0.3, 0.4) is 0 Å². The molecule has 1 unspecified atom stereocenters. The molecule has 0 saturated carbocycles. The molecule has 1 amide bonds. The topological polar surface area (TPSA) is 57.6 Å². The predicted molar refractivity (Wildman–Crippen MR) is 108 cm³/mol. The number of nitrogens with zero attached hydrogens (tertiary/aromatic N) is 1. The second-order valence-corrected chi connectivity index (χ2v) is 7.24. The molecule has 4 rings (SSSR count). The van der Waals surface area contributed by atoms with E-state index in [-0.39, 0.29) is 12.2 Å². The lowest BCUT2D eigenvalue weighted by Crippen LogP contribution is -2.41. The van der Waals surface area contributed by atoms with Crippen LogP contribution in [0.1, 0.15) is 27.9 Å². The molecule has 0 aliphatic carbocycles. The van der Waals surface area contributed by atoms with Gasteiger partial charge in [-0.15, -0.1) is 0 Å². The van der Waals surface area contributed by atoms with Gasteiger partial charge in [-0.25, -0.2) is 0 Å². The molecule has 0 aromatic heterocycles. The third-order valence-electron chi connectivity index (χ3n) is 5.01. The molecule has 0 saturated heterocycles. The quantitative estimate of drug-likeness (QED) is 0.658. The molecule has 0 spiro atoms. The zero-order valence-corrected chi connectivity index (χ0v) is 15.8. The average Bonchev–Trinajstić information content (AvgIpc) is 2.91. The number of hydrogen-bond donors (Lipinski definition) is 1. The van der Waals surface area contributed by atoms with E-state index in [1.165, 1.54) is 4.90 Å². The highest BCUT2D eigenvalue weighted by molar-refractivity contribution is 6.34. The zero-order chi connectivity index (χ0) is 19.7. The van der Waals surface area contributed by atoms with Gasteiger partial charge in [-0.05, 0) is 23.8 Å². The first-order chi connectivity index (χ1) is 13.5. The standard InChI is InChI=1S/C23H18ClNO3/c24-19-12-6-4-10-17(19)21(26)14-23(28)18-11-5-7-13-20(18)25(22(23)27)15-16-8-2-1-3-9-16/h1-13,28H,14-15H2. The van der Waals surface area contributed by atoms with E-state index in [9.17, 15) is 14.7 Å². The highest BCUT2D eigenvalue weighted by Crippen LogP contribution is 2.43. The van der Waals surface area contributed by atoms with Crippen LogP contribution in [0.4, 0.5) is 5.69 Å². The summed E-state index contributed by atoms with van der Waals surface area (Å²) in [5.74, 6) is -0.879. The maximum absolute atomic E-state index is 13.2. The van der Waals surface area contributed by atoms with E-state index < -0.39 is 11.5 Å². The Kier molecular flexibility index (Phi) is 4.75. The number of aliphatic hydroxyl groups is 1. The lowest BCUT2D eigenvalue weighted by molar-refractivity contribution is -0.136. The van der Waals surface area contributed by atoms with Gasteiger partial charge in [-0.1, -0.05) is 72.3 Å². The molecule has 0 radical (unpaired) electrons. The second kappa shape index (κ2) is 7.23. The fourth-order valence-electron chi connectivity index (χ4n) is 3.62. The smallest absolute Gasteiger partial charge is 0.264 e. The summed E-state index contributed by atoms with van der Waals surface area (Å²) in [6.07, 6.45) is -0.363. The third-order valence-corrected chi connectivity index (χ3v) is 5.34. The van der Waals surface area contributed by atoms with Gasteiger partial charge in [-0.2, -0.15) is 0 Å². The van der Waals surface area contributed by atoms with E-state index in [0.717, 1.165) is 5.56 Å². The SMILES string of the molecule is O=C(CC1(O)C(=O)N(Cc2ccccc2)c2ccccc21)c1ccccc1Cl. The number of para-hydroxylation sites is 1. The number of anilines is 1. The molecule has 3 aromatic carbocycles. The Hall–Kier alpha value is -2.95. The predicted octanol–water partition coefficient (Wildman–Crippen LogP) is 4.35. The van der Waals surface area contributed by atoms with Crippen molar-refractivity contribution in [1.82, 2.24) is 0 Å². The van der Waals surface area contributed by atoms with Crippen molar-refractivity contribution in [2.75, 3.05) is 4.90 Å². The minimum absolute atomic E-state index is 0.296. The van der Waals surface area contributed by atoms with Crippen LogP contribution < -0.4 is 4.90 Å². The van der Waals surface area contributed by atoms with Crippen LogP contribution in [0, 0.1) is 0 Å². The highest BCUT2D eigenvalue weighted by atomic mass is 35.5. The Morgan fingerprint density at radius 1 is 0.929 bits per heavy atom. The van der Waals surface area contributed by atoms with Crippen LogP contribution in [0.25, 0.3) is 0 Å². The van der Waals surface area contributed by atoms with Gasteiger partial charge in [0.1, 0.15) is 0 Å². The number of rotatable bonds is 5. The normalized spacial score (nSPS) is 18.2. The molecule has 28 heavy (non-hydrogen) atoms. The summed E-state index contributed by atoms with van der Waals surface area (Å²) in [7, 11) is 0. The summed E-state index contributed by atoms with van der Waals surface area (Å²) in [5, 5.41) is 11.6. The summed E-state index contributed by atoms with van der Waals surface area (Å²) >= 11 is 6.12. The first-order valence-corrected chi connectivity index (χ1v) is 9.34. The molecule has 1 atom stereocenters. The van der Waals surface area contributed by atoms with E-state index in [1.807, 2.05) is 36.4 Å². The number of amides is 1. The zero-order valence-electron chi connectivity index (χ0n) is 15.0. The Morgan fingerprint density at radius 2 is 1.57 bits per heavy atom. The summed E-state index contributed by atoms with van der Waals surface area (Å²) in [6, 6.07) is 23.2. The van der Waals surface area contributed by atoms with Crippen LogP contribution in [0.2, 0.25) is 5.02 Å². The number of halogens is 1. The molecule has 5 heteroatoms. The van der Waals surface area contributed by atoms with Crippen molar-refractivity contribution in [2.45, 2.75) is 18.6 Å². The Bertz CT molecular complexity index is 1050. The molecule has 1 N–H and O–H groups in total. The average molecular weight is 392 g/mol. The minimum atomic E-state index is -1.92. The second-order valence-electron chi connectivity index (χ2n) is 6.83. The summed E-state index contributed by atoms with van der Waals surface area (Å²) < 4.78 is 0. The number of Topliss-reactive ketones (excluding diaryl/α,β-unsaturated/α-hetero) is 1. The first-order valence-electron chi connectivity index (χ1n) is 8.96. The highest BCUT2D eigenvalue weighted by Gasteiger charge is 2.50. The van der Waals surface area contributed by atoms with E-state index in [2.05, 4.69) is 0 Å². The van der Waals surface area contributed by atoms with Crippen molar-refractivity contribution in [3.05, 3.63) is 101 Å². The molecule has 1 heterocycles. The van der Waals surface area contributed by atoms with Crippen molar-refractivity contribution in [2.24, 2.45) is 0 Å². The van der Waals surface area contributed by atoms with Gasteiger partial charge in [0.2, 0.25) is 0 Å². The number of hydrogen-bond acceptors (Lipinski definition) is 3. The largest absolute Gasteiger partial charge is 0.375 e. The Morgan fingerprint density at radius 3 is 2.32 bits per heavy atom. The van der Waals surface area contributed by atoms with Gasteiger partial charge in [0, 0.05) is 11.1 Å². The van der Waals surface area contributed by atoms with Gasteiger partial charge in [0.05, 0.1) is 23.7 Å². The van der Waals surface area contributed by atoms with Crippen molar-refractivity contribution in [1.29, 1.82) is 0 Å². The number of carbonyl (C=O) groups is 2. The van der Waals surface area contributed by atoms with Gasteiger partial charge < -0.3 is 10.0 Å². The molecule has 140 valence electrons. The molecule has 4 nitrogen and oxygen atoms in total. The van der Waals surface area contributed by atoms with E-state index in [0.29, 0.717) is 28.4 Å². The first kappa shape index (κ1) is 18.4. The van der Waals surface area contributed by atoms with E-state index in [1.54, 1.807) is 42.5 Å². The van der Waals surface area contributed by atoms with Crippen LogP contribution in [-0.4, -0.2) is 16.8 Å². The molecule has 3 aromatic rings. The lowest BCUT2D eigenvalue weighted by atomic mass is 9.88. The fraction of sp³-hybridized carbons (Fsp3) is 0.130. The van der Waals surface area contributed by atoms with Crippen LogP contribution in [0.5, 0.6) is 0 Å². The van der Waals surface area contributed by atoms with Crippen LogP contribution in [-0.2, 0) is 16.9 Å². The number of carbonyl (C=O) groups excluding carboxylic acids is 2. The third kappa shape index (κ3) is 3.11. The van der Waals surface area contributed by atoms with Gasteiger partial charge in [0.15, 0.2) is 11.4 Å². The Labute approximate surface area is 168 Å². The molecular formula is C23H18ClNO3. The molecular weight excluding hydrogens is 374 g/mol. The molecule has 0 fully saturated rings. The van der Waals surface area contributed by atoms with Crippen LogP contribution in [0.15, 0.2) is 78.9 Å². The van der Waals surface area contributed by atoms with Crippen LogP contribution >= 0.6 is 11.6 Å². The van der Waals surface area contributed by atoms with Crippen molar-refractivity contribution < 1.29 is 14.7 Å². The Balaban J connectivity index is 1.70. The number of benzene rings is 3. The molecule has 1 aliphatic heterocycles. The van der Waals surface area contributed by atoms with Crippen molar-refractivity contribution >= 4 is 29.0 Å². The fourth-order valence-corrected chi connectivity index (χ4v) is 3.86. The van der Waals surface area contributed by atoms with Gasteiger partial charge in [0.25, 0.3) is 5.91 Å². The summed E-state index contributed by atoms with van der Waals surface area (Å²) in [4.78, 5) is 27.6. The van der Waals surface area contributed by atoms with E-state index >= 15 is 0 Å². The summed E-state index contributed by atoms with van der Waals surface area (Å²) in [5.41, 5.74) is 0.376. The van der Waals surface area contributed by atoms with E-state index in [4.69, 9.17) is 11.6 Å². The lowest BCUT2D eigenvalue weighted by Gasteiger charge is -2.23. The number of fused-ring (bicyclic) bond motifs is 1. The maximum atomic E-state index is 13.2. The monoisotopic (exact) mass is 391 g/mol. The number of ketones is 1. The maximum Gasteiger partial charge on any atom is 0.264 e. The van der Waals surface area contributed by atoms with Gasteiger partial charge in [-0.3, -0.25) is 9.59 Å². The minimum Gasteiger partial charge on any atom is -0.375 e. The molecule has 1 aliphatic rings.